The first-order valence-electron chi connectivity index (χ1n) is 11.2. The highest BCUT2D eigenvalue weighted by Gasteiger charge is 2.52. The first kappa shape index (κ1) is 26.9. The second-order valence-corrected chi connectivity index (χ2v) is 11.1. The molecule has 3 rings (SSSR count). The number of carbonyl (C=O) groups is 6. The lowest BCUT2D eigenvalue weighted by Crippen LogP contribution is -2.59. The Morgan fingerprint density at radius 2 is 1.89 bits per heavy atom. The summed E-state index contributed by atoms with van der Waals surface area (Å²) in [6.45, 7) is -0.435. The monoisotopic (exact) mass is 528 g/mol. The van der Waals surface area contributed by atoms with Gasteiger partial charge in [0.25, 0.3) is 0 Å². The Morgan fingerprint density at radius 3 is 2.60 bits per heavy atom. The molecule has 0 aromatic heterocycles. The molecule has 1 saturated carbocycles. The van der Waals surface area contributed by atoms with E-state index < -0.39 is 65.8 Å². The van der Waals surface area contributed by atoms with Crippen LogP contribution in [0.1, 0.15) is 38.5 Å². The molecule has 35 heavy (non-hydrogen) atoms. The molecule has 0 radical (unpaired) electrons. The van der Waals surface area contributed by atoms with E-state index in [1.54, 1.807) is 12.2 Å². The zero-order chi connectivity index (χ0) is 25.4. The van der Waals surface area contributed by atoms with Gasteiger partial charge in [0.1, 0.15) is 30.3 Å². The fourth-order valence-electron chi connectivity index (χ4n) is 3.50. The Kier molecular flexibility index (Phi) is 9.43. The number of carboxylic acids is 1. The molecule has 2 heterocycles. The molecule has 1 saturated heterocycles. The van der Waals surface area contributed by atoms with E-state index in [0.29, 0.717) is 25.0 Å². The molecule has 12 nitrogen and oxygen atoms in total. The fraction of sp³-hybridized carbons (Fsp3) is 0.619. The lowest BCUT2D eigenvalue weighted by atomic mass is 10.1. The SMILES string of the molecule is O=C(O)CCC1NC(=O)C[C@@H]2/C=C/CCSSC[C@H](NC1=O)C(=O)NC1(CC1)C(=O)NCC(=O)O2. The van der Waals surface area contributed by atoms with Gasteiger partial charge in [-0.2, -0.15) is 0 Å². The van der Waals surface area contributed by atoms with Gasteiger partial charge in [-0.25, -0.2) is 0 Å². The average molecular weight is 529 g/mol. The summed E-state index contributed by atoms with van der Waals surface area (Å²) >= 11 is 0. The second kappa shape index (κ2) is 12.3. The number of allylic oxidation sites excluding steroid dienone is 1. The third-order valence-electron chi connectivity index (χ3n) is 5.58. The largest absolute Gasteiger partial charge is 0.481 e. The number of carbonyl (C=O) groups excluding carboxylic acids is 5. The number of hydrogen-bond donors (Lipinski definition) is 5. The maximum Gasteiger partial charge on any atom is 0.326 e. The lowest BCUT2D eigenvalue weighted by molar-refractivity contribution is -0.149. The molecule has 2 fully saturated rings. The molecular formula is C21H28N4O8S2. The Bertz CT molecular complexity index is 908. The van der Waals surface area contributed by atoms with Crippen LogP contribution in [-0.4, -0.2) is 82.5 Å². The zero-order valence-electron chi connectivity index (χ0n) is 18.9. The average Bonchev–Trinajstić information content (AvgIpc) is 3.57. The summed E-state index contributed by atoms with van der Waals surface area (Å²) in [5.74, 6) is -3.52. The number of amides is 4. The molecule has 0 aromatic carbocycles. The van der Waals surface area contributed by atoms with Crippen molar-refractivity contribution in [2.24, 2.45) is 0 Å². The van der Waals surface area contributed by atoms with Crippen molar-refractivity contribution in [3.05, 3.63) is 12.2 Å². The highest BCUT2D eigenvalue weighted by Crippen LogP contribution is 2.36. The van der Waals surface area contributed by atoms with E-state index in [0.717, 1.165) is 0 Å². The van der Waals surface area contributed by atoms with E-state index >= 15 is 0 Å². The summed E-state index contributed by atoms with van der Waals surface area (Å²) in [7, 11) is 2.84. The van der Waals surface area contributed by atoms with Gasteiger partial charge in [0.2, 0.25) is 23.6 Å². The van der Waals surface area contributed by atoms with Crippen LogP contribution >= 0.6 is 21.6 Å². The molecule has 3 atom stereocenters. The van der Waals surface area contributed by atoms with Gasteiger partial charge in [-0.1, -0.05) is 27.7 Å². The van der Waals surface area contributed by atoms with Crippen molar-refractivity contribution < 1.29 is 38.6 Å². The molecule has 2 aliphatic heterocycles. The Balaban J connectivity index is 1.93. The topological polar surface area (TPSA) is 180 Å². The number of esters is 1. The highest BCUT2D eigenvalue weighted by molar-refractivity contribution is 8.76. The first-order chi connectivity index (χ1) is 16.7. The molecule has 5 N–H and O–H groups in total. The van der Waals surface area contributed by atoms with Crippen LogP contribution in [-0.2, 0) is 33.5 Å². The molecule has 1 spiro atoms. The number of fused-ring (bicyclic) bond motifs is 7. The fourth-order valence-corrected chi connectivity index (χ4v) is 5.66. The molecule has 14 heteroatoms. The third kappa shape index (κ3) is 8.16. The predicted octanol–water partition coefficient (Wildman–Crippen LogP) is -0.757. The van der Waals surface area contributed by atoms with Crippen LogP contribution in [0.3, 0.4) is 0 Å². The van der Waals surface area contributed by atoms with E-state index in [4.69, 9.17) is 9.84 Å². The first-order valence-corrected chi connectivity index (χ1v) is 13.7. The van der Waals surface area contributed by atoms with Gasteiger partial charge in [0.05, 0.1) is 6.42 Å². The summed E-state index contributed by atoms with van der Waals surface area (Å²) in [5, 5.41) is 19.3. The number of hydrogen-bond acceptors (Lipinski definition) is 9. The van der Waals surface area contributed by atoms with Gasteiger partial charge >= 0.3 is 11.9 Å². The van der Waals surface area contributed by atoms with Crippen LogP contribution in [0.2, 0.25) is 0 Å². The normalized spacial score (nSPS) is 29.0. The summed E-state index contributed by atoms with van der Waals surface area (Å²) < 4.78 is 5.36. The third-order valence-corrected chi connectivity index (χ3v) is 8.02. The summed E-state index contributed by atoms with van der Waals surface area (Å²) in [6.07, 6.45) is 2.88. The number of rotatable bonds is 3. The second-order valence-electron chi connectivity index (χ2n) is 8.42. The van der Waals surface area contributed by atoms with Gasteiger partial charge in [-0.3, -0.25) is 28.8 Å². The minimum Gasteiger partial charge on any atom is -0.481 e. The van der Waals surface area contributed by atoms with Gasteiger partial charge in [0.15, 0.2) is 0 Å². The minimum atomic E-state index is -1.22. The van der Waals surface area contributed by atoms with Crippen molar-refractivity contribution in [2.45, 2.75) is 62.3 Å². The standard InChI is InChI=1S/C21H28N4O8S2/c26-15-9-12-3-1-2-8-34-35-11-14(24-18(30)13(23-15)4-5-16(27)28)19(31)25-21(6-7-21)20(32)22-10-17(29)33-12/h1,3,12-14H,2,4-11H2,(H,22,32)(H,23,26)(H,24,30)(H,25,31)(H,27,28)/b3-1+/t12-,13?,14-/m0/s1. The maximum absolute atomic E-state index is 13.1. The van der Waals surface area contributed by atoms with Crippen molar-refractivity contribution in [2.75, 3.05) is 18.1 Å². The van der Waals surface area contributed by atoms with Crippen molar-refractivity contribution in [1.29, 1.82) is 0 Å². The number of aliphatic carboxylic acids is 1. The summed E-state index contributed by atoms with van der Waals surface area (Å²) in [4.78, 5) is 74.9. The summed E-state index contributed by atoms with van der Waals surface area (Å²) in [6, 6.07) is -2.25. The van der Waals surface area contributed by atoms with E-state index in [1.807, 2.05) is 0 Å². The van der Waals surface area contributed by atoms with Gasteiger partial charge < -0.3 is 31.1 Å². The Labute approximate surface area is 209 Å². The van der Waals surface area contributed by atoms with Crippen LogP contribution in [0.5, 0.6) is 0 Å². The molecule has 1 aliphatic carbocycles. The summed E-state index contributed by atoms with van der Waals surface area (Å²) in [5.41, 5.74) is -1.17. The predicted molar refractivity (Wildman–Crippen MR) is 127 cm³/mol. The molecular weight excluding hydrogens is 500 g/mol. The smallest absolute Gasteiger partial charge is 0.326 e. The van der Waals surface area contributed by atoms with E-state index in [1.165, 1.54) is 21.6 Å². The van der Waals surface area contributed by atoms with Crippen LogP contribution < -0.4 is 21.3 Å². The van der Waals surface area contributed by atoms with Gasteiger partial charge in [-0.15, -0.1) is 0 Å². The molecule has 192 valence electrons. The van der Waals surface area contributed by atoms with Crippen molar-refractivity contribution >= 4 is 57.2 Å². The number of nitrogens with one attached hydrogen (secondary N) is 4. The quantitative estimate of drug-likeness (QED) is 0.178. The van der Waals surface area contributed by atoms with E-state index in [-0.39, 0.29) is 25.0 Å². The molecule has 0 aromatic rings. The minimum absolute atomic E-state index is 0.188. The van der Waals surface area contributed by atoms with Crippen LogP contribution in [0.4, 0.5) is 0 Å². The number of carboxylic acid groups (broad SMARTS) is 1. The Morgan fingerprint density at radius 1 is 1.11 bits per heavy atom. The molecule has 1 unspecified atom stereocenters. The van der Waals surface area contributed by atoms with Gasteiger partial charge in [0, 0.05) is 17.9 Å². The molecule has 3 aliphatic rings. The Hall–Kier alpha value is -2.74. The van der Waals surface area contributed by atoms with Gasteiger partial charge in [-0.05, 0) is 31.8 Å². The number of ether oxygens (including phenoxy) is 1. The van der Waals surface area contributed by atoms with Crippen molar-refractivity contribution in [1.82, 2.24) is 21.3 Å². The zero-order valence-corrected chi connectivity index (χ0v) is 20.5. The highest BCUT2D eigenvalue weighted by atomic mass is 33.1. The van der Waals surface area contributed by atoms with Crippen molar-refractivity contribution in [3.63, 3.8) is 0 Å². The van der Waals surface area contributed by atoms with Crippen LogP contribution in [0.25, 0.3) is 0 Å². The lowest BCUT2D eigenvalue weighted by Gasteiger charge is -2.25. The van der Waals surface area contributed by atoms with E-state index in [9.17, 15) is 28.8 Å². The molecule has 4 amide bonds. The van der Waals surface area contributed by atoms with Crippen LogP contribution in [0, 0.1) is 0 Å². The maximum atomic E-state index is 13.1. The van der Waals surface area contributed by atoms with Crippen LogP contribution in [0.15, 0.2) is 12.2 Å². The molecule has 2 bridgehead atoms. The van der Waals surface area contributed by atoms with E-state index in [2.05, 4.69) is 21.3 Å². The van der Waals surface area contributed by atoms with Crippen molar-refractivity contribution in [3.8, 4) is 0 Å².